The Kier molecular flexibility index (Phi) is 5.66. The third-order valence-electron chi connectivity index (χ3n) is 2.31. The first kappa shape index (κ1) is 14.8. The Balaban J connectivity index is 2.20. The van der Waals surface area contributed by atoms with Crippen LogP contribution in [0.25, 0.3) is 0 Å². The highest BCUT2D eigenvalue weighted by atomic mass is 16.5. The van der Waals surface area contributed by atoms with Crippen molar-refractivity contribution < 1.29 is 19.1 Å². The summed E-state index contributed by atoms with van der Waals surface area (Å²) in [6.07, 6.45) is 0.0884. The SMILES string of the molecule is CN(C)C(=O)COC(=O)CCOc1ccc(N)cc1. The molecule has 104 valence electrons. The fourth-order valence-corrected chi connectivity index (χ4v) is 1.16. The molecule has 1 aromatic carbocycles. The van der Waals surface area contributed by atoms with Crippen LogP contribution in [0.1, 0.15) is 6.42 Å². The fourth-order valence-electron chi connectivity index (χ4n) is 1.16. The summed E-state index contributed by atoms with van der Waals surface area (Å²) in [6.45, 7) is -0.0490. The first-order valence-corrected chi connectivity index (χ1v) is 5.83. The summed E-state index contributed by atoms with van der Waals surface area (Å²) >= 11 is 0. The molecular weight excluding hydrogens is 248 g/mol. The van der Waals surface area contributed by atoms with Crippen molar-refractivity contribution in [3.8, 4) is 5.75 Å². The second kappa shape index (κ2) is 7.25. The summed E-state index contributed by atoms with van der Waals surface area (Å²) in [5, 5.41) is 0. The molecule has 0 bridgehead atoms. The van der Waals surface area contributed by atoms with Crippen LogP contribution in [0.4, 0.5) is 5.69 Å². The molecule has 0 aromatic heterocycles. The molecule has 2 N–H and O–H groups in total. The molecule has 0 heterocycles. The zero-order valence-electron chi connectivity index (χ0n) is 11.1. The Hall–Kier alpha value is -2.24. The molecule has 0 saturated heterocycles. The average Bonchev–Trinajstić information content (AvgIpc) is 2.38. The quantitative estimate of drug-likeness (QED) is 0.604. The van der Waals surface area contributed by atoms with Gasteiger partial charge in [-0.1, -0.05) is 0 Å². The predicted molar refractivity (Wildman–Crippen MR) is 70.6 cm³/mol. The van der Waals surface area contributed by atoms with Crippen LogP contribution in [0.2, 0.25) is 0 Å². The summed E-state index contributed by atoms with van der Waals surface area (Å²) in [7, 11) is 3.20. The minimum absolute atomic E-state index is 0.0884. The number of nitrogens with zero attached hydrogens (tertiary/aromatic N) is 1. The number of ether oxygens (including phenoxy) is 2. The maximum absolute atomic E-state index is 11.3. The number of hydrogen-bond donors (Lipinski definition) is 1. The van der Waals surface area contributed by atoms with E-state index in [1.54, 1.807) is 38.4 Å². The molecule has 6 nitrogen and oxygen atoms in total. The van der Waals surface area contributed by atoms with Crippen molar-refractivity contribution in [3.05, 3.63) is 24.3 Å². The molecule has 0 unspecified atom stereocenters. The van der Waals surface area contributed by atoms with E-state index in [2.05, 4.69) is 0 Å². The number of esters is 1. The van der Waals surface area contributed by atoms with E-state index >= 15 is 0 Å². The van der Waals surface area contributed by atoms with Gasteiger partial charge >= 0.3 is 5.97 Å². The lowest BCUT2D eigenvalue weighted by molar-refractivity contribution is -0.151. The van der Waals surface area contributed by atoms with Crippen LogP contribution in [0.3, 0.4) is 0 Å². The molecule has 0 radical (unpaired) electrons. The maximum atomic E-state index is 11.3. The van der Waals surface area contributed by atoms with Gasteiger partial charge in [-0.25, -0.2) is 0 Å². The number of nitrogen functional groups attached to an aromatic ring is 1. The van der Waals surface area contributed by atoms with Gasteiger partial charge in [-0.3, -0.25) is 9.59 Å². The molecule has 6 heteroatoms. The van der Waals surface area contributed by atoms with E-state index in [-0.39, 0.29) is 25.5 Å². The van der Waals surface area contributed by atoms with E-state index in [4.69, 9.17) is 15.2 Å². The van der Waals surface area contributed by atoms with Gasteiger partial charge in [0.1, 0.15) is 5.75 Å². The number of amides is 1. The Morgan fingerprint density at radius 3 is 2.42 bits per heavy atom. The van der Waals surface area contributed by atoms with E-state index in [1.165, 1.54) is 4.90 Å². The van der Waals surface area contributed by atoms with Crippen LogP contribution in [-0.2, 0) is 14.3 Å². The highest BCUT2D eigenvalue weighted by molar-refractivity contribution is 5.80. The van der Waals surface area contributed by atoms with Crippen molar-refractivity contribution in [2.75, 3.05) is 33.0 Å². The zero-order valence-corrected chi connectivity index (χ0v) is 11.1. The van der Waals surface area contributed by atoms with Gasteiger partial charge in [-0.2, -0.15) is 0 Å². The molecule has 0 aliphatic carbocycles. The van der Waals surface area contributed by atoms with Gasteiger partial charge in [-0.15, -0.1) is 0 Å². The van der Waals surface area contributed by atoms with E-state index in [0.29, 0.717) is 11.4 Å². The minimum Gasteiger partial charge on any atom is -0.493 e. The number of nitrogens with two attached hydrogens (primary N) is 1. The van der Waals surface area contributed by atoms with Gasteiger partial charge in [0.15, 0.2) is 6.61 Å². The van der Waals surface area contributed by atoms with Gasteiger partial charge in [0, 0.05) is 19.8 Å². The fraction of sp³-hybridized carbons (Fsp3) is 0.385. The molecule has 1 amide bonds. The molecule has 0 aliphatic rings. The van der Waals surface area contributed by atoms with Crippen molar-refractivity contribution in [2.24, 2.45) is 0 Å². The summed E-state index contributed by atoms with van der Waals surface area (Å²) in [4.78, 5) is 23.9. The molecule has 0 saturated carbocycles. The van der Waals surface area contributed by atoms with Crippen LogP contribution in [0.15, 0.2) is 24.3 Å². The first-order chi connectivity index (χ1) is 8.99. The average molecular weight is 266 g/mol. The first-order valence-electron chi connectivity index (χ1n) is 5.83. The van der Waals surface area contributed by atoms with Crippen molar-refractivity contribution in [3.63, 3.8) is 0 Å². The van der Waals surface area contributed by atoms with E-state index < -0.39 is 5.97 Å². The van der Waals surface area contributed by atoms with Gasteiger partial charge in [0.25, 0.3) is 5.91 Å². The van der Waals surface area contributed by atoms with E-state index in [9.17, 15) is 9.59 Å². The monoisotopic (exact) mass is 266 g/mol. The number of likely N-dealkylation sites (N-methyl/N-ethyl adjacent to an activating group) is 1. The number of rotatable bonds is 6. The third kappa shape index (κ3) is 5.76. The van der Waals surface area contributed by atoms with E-state index in [1.807, 2.05) is 0 Å². The predicted octanol–water partition coefficient (Wildman–Crippen LogP) is 0.669. The van der Waals surface area contributed by atoms with Gasteiger partial charge in [0.2, 0.25) is 0 Å². The number of carbonyl (C=O) groups excluding carboxylic acids is 2. The Bertz CT molecular complexity index is 429. The number of hydrogen-bond acceptors (Lipinski definition) is 5. The number of carbonyl (C=O) groups is 2. The van der Waals surface area contributed by atoms with Crippen LogP contribution >= 0.6 is 0 Å². The van der Waals surface area contributed by atoms with Gasteiger partial charge in [0.05, 0.1) is 13.0 Å². The summed E-state index contributed by atoms with van der Waals surface area (Å²) in [5.41, 5.74) is 6.18. The summed E-state index contributed by atoms with van der Waals surface area (Å²) < 4.78 is 10.1. The van der Waals surface area contributed by atoms with E-state index in [0.717, 1.165) is 0 Å². The minimum atomic E-state index is -0.467. The van der Waals surface area contributed by atoms with Gasteiger partial charge in [-0.05, 0) is 24.3 Å². The third-order valence-corrected chi connectivity index (χ3v) is 2.31. The van der Waals surface area contributed by atoms with Crippen LogP contribution in [-0.4, -0.2) is 44.1 Å². The van der Waals surface area contributed by atoms with Crippen molar-refractivity contribution in [1.82, 2.24) is 4.90 Å². The molecule has 0 aliphatic heterocycles. The highest BCUT2D eigenvalue weighted by Gasteiger charge is 2.09. The molecule has 1 aromatic rings. The molecule has 0 fully saturated rings. The van der Waals surface area contributed by atoms with Crippen LogP contribution in [0, 0.1) is 0 Å². The standard InChI is InChI=1S/C13H18N2O4/c1-15(2)12(16)9-19-13(17)7-8-18-11-5-3-10(14)4-6-11/h3-6H,7-9,14H2,1-2H3. The molecule has 1 rings (SSSR count). The maximum Gasteiger partial charge on any atom is 0.309 e. The molecule has 0 atom stereocenters. The Morgan fingerprint density at radius 2 is 1.84 bits per heavy atom. The van der Waals surface area contributed by atoms with Crippen molar-refractivity contribution in [2.45, 2.75) is 6.42 Å². The lowest BCUT2D eigenvalue weighted by Crippen LogP contribution is -2.27. The molecular formula is C13H18N2O4. The highest BCUT2D eigenvalue weighted by Crippen LogP contribution is 2.13. The normalized spacial score (nSPS) is 9.79. The lowest BCUT2D eigenvalue weighted by Gasteiger charge is -2.10. The number of anilines is 1. The van der Waals surface area contributed by atoms with Gasteiger partial charge < -0.3 is 20.1 Å². The zero-order chi connectivity index (χ0) is 14.3. The number of benzene rings is 1. The second-order valence-electron chi connectivity index (χ2n) is 4.12. The van der Waals surface area contributed by atoms with Crippen LogP contribution in [0.5, 0.6) is 5.75 Å². The Labute approximate surface area is 112 Å². The smallest absolute Gasteiger partial charge is 0.309 e. The molecule has 0 spiro atoms. The second-order valence-corrected chi connectivity index (χ2v) is 4.12. The van der Waals surface area contributed by atoms with Crippen molar-refractivity contribution in [1.29, 1.82) is 0 Å². The largest absolute Gasteiger partial charge is 0.493 e. The summed E-state index contributed by atoms with van der Waals surface area (Å²) in [5.74, 6) is -0.0928. The lowest BCUT2D eigenvalue weighted by atomic mass is 10.3. The Morgan fingerprint density at radius 1 is 1.21 bits per heavy atom. The van der Waals surface area contributed by atoms with Crippen molar-refractivity contribution >= 4 is 17.6 Å². The molecule has 19 heavy (non-hydrogen) atoms. The summed E-state index contributed by atoms with van der Waals surface area (Å²) in [6, 6.07) is 6.86. The topological polar surface area (TPSA) is 81.9 Å². The van der Waals surface area contributed by atoms with Crippen LogP contribution < -0.4 is 10.5 Å².